The van der Waals surface area contributed by atoms with E-state index in [2.05, 4.69) is 0 Å². The molecule has 6 nitrogen and oxygen atoms in total. The van der Waals surface area contributed by atoms with Crippen LogP contribution < -0.4 is 11.2 Å². The van der Waals surface area contributed by atoms with Crippen LogP contribution in [0.4, 0.5) is 0 Å². The zero-order chi connectivity index (χ0) is 12.3. The van der Waals surface area contributed by atoms with Gasteiger partial charge < -0.3 is 9.67 Å². The third-order valence-corrected chi connectivity index (χ3v) is 2.45. The average molecular weight is 226 g/mol. The number of carboxylic acids is 1. The topological polar surface area (TPSA) is 81.3 Å². The highest BCUT2D eigenvalue weighted by Gasteiger charge is 2.06. The Balaban J connectivity index is 2.94. The molecule has 0 radical (unpaired) electrons. The molecule has 1 rings (SSSR count). The number of hydrogen-bond donors (Lipinski definition) is 1. The lowest BCUT2D eigenvalue weighted by Crippen LogP contribution is -2.38. The molecule has 6 heteroatoms. The zero-order valence-electron chi connectivity index (χ0n) is 9.27. The van der Waals surface area contributed by atoms with Crippen molar-refractivity contribution in [2.45, 2.75) is 19.3 Å². The van der Waals surface area contributed by atoms with Crippen LogP contribution in [0.3, 0.4) is 0 Å². The van der Waals surface area contributed by atoms with Crippen LogP contribution in [0.15, 0.2) is 15.7 Å². The van der Waals surface area contributed by atoms with Crippen molar-refractivity contribution in [3.05, 3.63) is 32.6 Å². The van der Waals surface area contributed by atoms with Gasteiger partial charge in [0.25, 0.3) is 5.56 Å². The highest BCUT2D eigenvalue weighted by Crippen LogP contribution is 2.00. The van der Waals surface area contributed by atoms with Gasteiger partial charge in [-0.3, -0.25) is 14.2 Å². The molecule has 1 aromatic heterocycles. The first-order valence-electron chi connectivity index (χ1n) is 4.91. The summed E-state index contributed by atoms with van der Waals surface area (Å²) in [4.78, 5) is 33.2. The second-order valence-electron chi connectivity index (χ2n) is 3.62. The first-order chi connectivity index (χ1) is 7.43. The fourth-order valence-electron chi connectivity index (χ4n) is 1.44. The van der Waals surface area contributed by atoms with Gasteiger partial charge >= 0.3 is 11.7 Å². The minimum absolute atomic E-state index is 0.0312. The Bertz CT molecular complexity index is 513. The van der Waals surface area contributed by atoms with Crippen molar-refractivity contribution in [3.63, 3.8) is 0 Å². The Morgan fingerprint density at radius 2 is 1.94 bits per heavy atom. The summed E-state index contributed by atoms with van der Waals surface area (Å²) in [5.41, 5.74) is -0.194. The summed E-state index contributed by atoms with van der Waals surface area (Å²) in [6, 6.07) is 1.36. The molecule has 0 aliphatic carbocycles. The summed E-state index contributed by atoms with van der Waals surface area (Å²) < 4.78 is 2.38. The standard InChI is InChI=1S/C10H14N2O4/c1-11-7(4-3-5-9(14)15)6-8(13)12(2)10(11)16/h6H,3-5H2,1-2H3,(H,14,15). The predicted octanol–water partition coefficient (Wildman–Crippen LogP) is -0.509. The Morgan fingerprint density at radius 1 is 1.31 bits per heavy atom. The number of carboxylic acid groups (broad SMARTS) is 1. The molecular formula is C10H14N2O4. The van der Waals surface area contributed by atoms with Crippen LogP contribution in [0, 0.1) is 0 Å². The second-order valence-corrected chi connectivity index (χ2v) is 3.62. The minimum atomic E-state index is -0.881. The first kappa shape index (κ1) is 12.2. The van der Waals surface area contributed by atoms with Crippen molar-refractivity contribution >= 4 is 5.97 Å². The lowest BCUT2D eigenvalue weighted by molar-refractivity contribution is -0.137. The minimum Gasteiger partial charge on any atom is -0.481 e. The predicted molar refractivity (Wildman–Crippen MR) is 57.5 cm³/mol. The van der Waals surface area contributed by atoms with Crippen LogP contribution in [0.5, 0.6) is 0 Å². The first-order valence-corrected chi connectivity index (χ1v) is 4.91. The van der Waals surface area contributed by atoms with Gasteiger partial charge in [-0.05, 0) is 12.8 Å². The van der Waals surface area contributed by atoms with Crippen molar-refractivity contribution in [1.29, 1.82) is 0 Å². The van der Waals surface area contributed by atoms with Gasteiger partial charge in [0, 0.05) is 32.3 Å². The Morgan fingerprint density at radius 3 is 2.50 bits per heavy atom. The van der Waals surface area contributed by atoms with Gasteiger partial charge in [0.2, 0.25) is 0 Å². The van der Waals surface area contributed by atoms with E-state index >= 15 is 0 Å². The molecule has 0 aliphatic heterocycles. The average Bonchev–Trinajstić information content (AvgIpc) is 2.22. The van der Waals surface area contributed by atoms with Crippen molar-refractivity contribution < 1.29 is 9.90 Å². The molecule has 0 amide bonds. The number of carbonyl (C=O) groups is 1. The van der Waals surface area contributed by atoms with E-state index in [0.29, 0.717) is 18.5 Å². The zero-order valence-corrected chi connectivity index (χ0v) is 9.27. The molecule has 0 fully saturated rings. The summed E-state index contributed by atoms with van der Waals surface area (Å²) in [7, 11) is 2.98. The molecular weight excluding hydrogens is 212 g/mol. The van der Waals surface area contributed by atoms with Crippen molar-refractivity contribution in [1.82, 2.24) is 9.13 Å². The lowest BCUT2D eigenvalue weighted by Gasteiger charge is -2.08. The van der Waals surface area contributed by atoms with Crippen molar-refractivity contribution in [2.75, 3.05) is 0 Å². The maximum absolute atomic E-state index is 11.5. The maximum Gasteiger partial charge on any atom is 0.330 e. The van der Waals surface area contributed by atoms with Crippen LogP contribution in [0.1, 0.15) is 18.5 Å². The Hall–Kier alpha value is -1.85. The molecule has 1 aromatic rings. The second kappa shape index (κ2) is 4.78. The molecule has 0 atom stereocenters. The number of aromatic nitrogens is 2. The number of hydrogen-bond acceptors (Lipinski definition) is 3. The van der Waals surface area contributed by atoms with E-state index in [1.807, 2.05) is 0 Å². The van der Waals surface area contributed by atoms with Crippen LogP contribution >= 0.6 is 0 Å². The van der Waals surface area contributed by atoms with Gasteiger partial charge in [-0.2, -0.15) is 0 Å². The summed E-state index contributed by atoms with van der Waals surface area (Å²) in [6.07, 6.45) is 0.854. The normalized spacial score (nSPS) is 10.4. The Labute approximate surface area is 91.8 Å². The maximum atomic E-state index is 11.5. The number of nitrogens with zero attached hydrogens (tertiary/aromatic N) is 2. The van der Waals surface area contributed by atoms with Crippen LogP contribution in [0.2, 0.25) is 0 Å². The number of aryl methyl sites for hydroxylation is 1. The SMILES string of the molecule is Cn1c(CCCC(=O)O)cc(=O)n(C)c1=O. The van der Waals surface area contributed by atoms with Gasteiger partial charge in [0.1, 0.15) is 0 Å². The third kappa shape index (κ3) is 2.59. The third-order valence-electron chi connectivity index (χ3n) is 2.45. The van der Waals surface area contributed by atoms with Gasteiger partial charge in [0.05, 0.1) is 0 Å². The van der Waals surface area contributed by atoms with E-state index < -0.39 is 11.7 Å². The summed E-state index contributed by atoms with van der Waals surface area (Å²) in [6.45, 7) is 0. The summed E-state index contributed by atoms with van der Waals surface area (Å²) in [5, 5.41) is 8.48. The molecule has 1 N–H and O–H groups in total. The molecule has 16 heavy (non-hydrogen) atoms. The lowest BCUT2D eigenvalue weighted by atomic mass is 10.2. The fraction of sp³-hybridized carbons (Fsp3) is 0.500. The number of rotatable bonds is 4. The molecule has 0 aromatic carbocycles. The van der Waals surface area contributed by atoms with E-state index in [1.165, 1.54) is 17.7 Å². The van der Waals surface area contributed by atoms with Crippen molar-refractivity contribution in [3.8, 4) is 0 Å². The van der Waals surface area contributed by atoms with Crippen LogP contribution in [0.25, 0.3) is 0 Å². The number of aliphatic carboxylic acids is 1. The van der Waals surface area contributed by atoms with Gasteiger partial charge in [-0.1, -0.05) is 0 Å². The fourth-order valence-corrected chi connectivity index (χ4v) is 1.44. The van der Waals surface area contributed by atoms with E-state index in [4.69, 9.17) is 5.11 Å². The quantitative estimate of drug-likeness (QED) is 0.749. The molecule has 0 spiro atoms. The molecule has 0 saturated carbocycles. The highest BCUT2D eigenvalue weighted by molar-refractivity contribution is 5.66. The molecule has 1 heterocycles. The molecule has 0 saturated heterocycles. The monoisotopic (exact) mass is 226 g/mol. The van der Waals surface area contributed by atoms with Gasteiger partial charge in [0.15, 0.2) is 0 Å². The molecule has 0 aliphatic rings. The van der Waals surface area contributed by atoms with Gasteiger partial charge in [-0.25, -0.2) is 4.79 Å². The largest absolute Gasteiger partial charge is 0.481 e. The highest BCUT2D eigenvalue weighted by atomic mass is 16.4. The van der Waals surface area contributed by atoms with Crippen LogP contribution in [-0.4, -0.2) is 20.2 Å². The van der Waals surface area contributed by atoms with Crippen LogP contribution in [-0.2, 0) is 25.3 Å². The summed E-state index contributed by atoms with van der Waals surface area (Å²) in [5.74, 6) is -0.881. The van der Waals surface area contributed by atoms with E-state index in [-0.39, 0.29) is 12.0 Å². The van der Waals surface area contributed by atoms with Crippen molar-refractivity contribution in [2.24, 2.45) is 14.1 Å². The van der Waals surface area contributed by atoms with E-state index in [9.17, 15) is 14.4 Å². The molecule has 88 valence electrons. The van der Waals surface area contributed by atoms with E-state index in [0.717, 1.165) is 4.57 Å². The Kier molecular flexibility index (Phi) is 3.65. The van der Waals surface area contributed by atoms with Gasteiger partial charge in [-0.15, -0.1) is 0 Å². The van der Waals surface area contributed by atoms with E-state index in [1.54, 1.807) is 7.05 Å². The molecule has 0 unspecified atom stereocenters. The smallest absolute Gasteiger partial charge is 0.330 e. The summed E-state index contributed by atoms with van der Waals surface area (Å²) >= 11 is 0. The molecule has 0 bridgehead atoms.